The minimum atomic E-state index is -0.997. The summed E-state index contributed by atoms with van der Waals surface area (Å²) in [4.78, 5) is 16.4. The van der Waals surface area contributed by atoms with Crippen LogP contribution in [0.15, 0.2) is 49.0 Å². The molecule has 2 N–H and O–H groups in total. The molecule has 138 valence electrons. The van der Waals surface area contributed by atoms with Crippen molar-refractivity contribution >= 4 is 11.7 Å². The maximum atomic E-state index is 13.5. The van der Waals surface area contributed by atoms with E-state index < -0.39 is 12.1 Å². The highest BCUT2D eigenvalue weighted by Gasteiger charge is 2.17. The van der Waals surface area contributed by atoms with Crippen molar-refractivity contribution in [2.24, 2.45) is 0 Å². The molecule has 0 aliphatic carbocycles. The number of aryl methyl sites for hydroxylation is 1. The second kappa shape index (κ2) is 9.01. The highest BCUT2D eigenvalue weighted by molar-refractivity contribution is 5.72. The predicted molar refractivity (Wildman–Crippen MR) is 96.9 cm³/mol. The van der Waals surface area contributed by atoms with E-state index in [0.717, 1.165) is 11.1 Å². The molecule has 1 atom stereocenters. The van der Waals surface area contributed by atoms with Crippen molar-refractivity contribution in [1.29, 1.82) is 0 Å². The average molecular weight is 359 g/mol. The summed E-state index contributed by atoms with van der Waals surface area (Å²) < 4.78 is 19.1. The van der Waals surface area contributed by atoms with Gasteiger partial charge in [-0.2, -0.15) is 0 Å². The Kier molecular flexibility index (Phi) is 6.74. The lowest BCUT2D eigenvalue weighted by Gasteiger charge is -2.16. The van der Waals surface area contributed by atoms with E-state index in [0.29, 0.717) is 23.4 Å². The monoisotopic (exact) mass is 359 g/mol. The van der Waals surface area contributed by atoms with Crippen LogP contribution in [0.3, 0.4) is 0 Å². The van der Waals surface area contributed by atoms with Gasteiger partial charge in [-0.1, -0.05) is 31.7 Å². The van der Waals surface area contributed by atoms with E-state index in [9.17, 15) is 9.18 Å². The van der Waals surface area contributed by atoms with E-state index in [1.165, 1.54) is 6.07 Å². The molecule has 0 aliphatic rings. The first-order chi connectivity index (χ1) is 12.4. The molecule has 1 unspecified atom stereocenters. The number of carboxylic acids is 1. The maximum absolute atomic E-state index is 13.5. The normalized spacial score (nSPS) is 11.7. The zero-order valence-electron chi connectivity index (χ0n) is 14.8. The van der Waals surface area contributed by atoms with Crippen molar-refractivity contribution in [2.75, 3.05) is 0 Å². The van der Waals surface area contributed by atoms with Crippen LogP contribution in [0.2, 0.25) is 0 Å². The summed E-state index contributed by atoms with van der Waals surface area (Å²) in [6.07, 6.45) is -0.515. The lowest BCUT2D eigenvalue weighted by molar-refractivity contribution is -0.145. The largest absolute Gasteiger partial charge is 0.479 e. The third-order valence-corrected chi connectivity index (χ3v) is 3.82. The molecule has 5 nitrogen and oxygen atoms in total. The number of carboxylic acid groups (broad SMARTS) is 1. The first-order valence-electron chi connectivity index (χ1n) is 8.23. The van der Waals surface area contributed by atoms with Crippen LogP contribution < -0.4 is 10.2 Å². The lowest BCUT2D eigenvalue weighted by atomic mass is 10.1. The number of hydrogen-bond donors (Lipinski definition) is 2. The second-order valence-electron chi connectivity index (χ2n) is 5.79. The Morgan fingerprint density at radius 1 is 1.31 bits per heavy atom. The van der Waals surface area contributed by atoms with Crippen molar-refractivity contribution in [3.05, 3.63) is 71.6 Å². The van der Waals surface area contributed by atoms with Crippen molar-refractivity contribution in [2.45, 2.75) is 33.0 Å². The fourth-order valence-corrected chi connectivity index (χ4v) is 2.31. The van der Waals surface area contributed by atoms with Crippen molar-refractivity contribution in [3.63, 3.8) is 0 Å². The molecule has 0 saturated heterocycles. The SMILES string of the molecule is C=C(NOCc1ccccc1F)c1ccc(OC(CC)C(=O)O)c(C)c1. The van der Waals surface area contributed by atoms with Gasteiger partial charge in [0, 0.05) is 5.56 Å². The number of rotatable bonds is 9. The maximum Gasteiger partial charge on any atom is 0.344 e. The zero-order valence-corrected chi connectivity index (χ0v) is 14.8. The minimum absolute atomic E-state index is 0.0582. The summed E-state index contributed by atoms with van der Waals surface area (Å²) in [6, 6.07) is 11.6. The number of benzene rings is 2. The van der Waals surface area contributed by atoms with Crippen LogP contribution >= 0.6 is 0 Å². The highest BCUT2D eigenvalue weighted by Crippen LogP contribution is 2.23. The Morgan fingerprint density at radius 3 is 2.65 bits per heavy atom. The number of halogens is 1. The summed E-state index contributed by atoms with van der Waals surface area (Å²) >= 11 is 0. The lowest BCUT2D eigenvalue weighted by Crippen LogP contribution is -2.26. The van der Waals surface area contributed by atoms with E-state index in [4.69, 9.17) is 14.7 Å². The number of hydroxylamine groups is 1. The summed E-state index contributed by atoms with van der Waals surface area (Å²) in [5.41, 5.74) is 5.17. The number of aliphatic carboxylic acids is 1. The molecule has 26 heavy (non-hydrogen) atoms. The fraction of sp³-hybridized carbons (Fsp3) is 0.250. The smallest absolute Gasteiger partial charge is 0.344 e. The van der Waals surface area contributed by atoms with Crippen LogP contribution in [0.25, 0.3) is 5.70 Å². The molecule has 0 fully saturated rings. The average Bonchev–Trinajstić information content (AvgIpc) is 2.61. The topological polar surface area (TPSA) is 67.8 Å². The van der Waals surface area contributed by atoms with Gasteiger partial charge in [0.2, 0.25) is 0 Å². The third kappa shape index (κ3) is 5.07. The van der Waals surface area contributed by atoms with E-state index in [1.807, 2.05) is 13.0 Å². The molecule has 0 aromatic heterocycles. The van der Waals surface area contributed by atoms with E-state index in [2.05, 4.69) is 12.1 Å². The molecule has 0 amide bonds. The molecule has 0 spiro atoms. The molecule has 0 bridgehead atoms. The zero-order chi connectivity index (χ0) is 19.1. The first-order valence-corrected chi connectivity index (χ1v) is 8.23. The van der Waals surface area contributed by atoms with Gasteiger partial charge in [-0.3, -0.25) is 10.3 Å². The Morgan fingerprint density at radius 2 is 2.04 bits per heavy atom. The summed E-state index contributed by atoms with van der Waals surface area (Å²) in [5, 5.41) is 9.09. The summed E-state index contributed by atoms with van der Waals surface area (Å²) in [6.45, 7) is 7.52. The number of ether oxygens (including phenoxy) is 1. The number of hydrogen-bond acceptors (Lipinski definition) is 4. The Balaban J connectivity index is 1.96. The predicted octanol–water partition coefficient (Wildman–Crippen LogP) is 4.07. The van der Waals surface area contributed by atoms with E-state index >= 15 is 0 Å². The number of nitrogens with one attached hydrogen (secondary N) is 1. The van der Waals surface area contributed by atoms with Crippen LogP contribution in [-0.2, 0) is 16.2 Å². The highest BCUT2D eigenvalue weighted by atomic mass is 19.1. The quantitative estimate of drug-likeness (QED) is 0.661. The van der Waals surface area contributed by atoms with Gasteiger partial charge in [0.25, 0.3) is 0 Å². The number of carbonyl (C=O) groups is 1. The molecule has 0 saturated carbocycles. The molecule has 2 aromatic rings. The van der Waals surface area contributed by atoms with Gasteiger partial charge in [-0.25, -0.2) is 9.18 Å². The van der Waals surface area contributed by atoms with Crippen LogP contribution in [-0.4, -0.2) is 17.2 Å². The van der Waals surface area contributed by atoms with E-state index in [-0.39, 0.29) is 12.4 Å². The summed E-state index contributed by atoms with van der Waals surface area (Å²) in [5.74, 6) is -0.826. The van der Waals surface area contributed by atoms with Crippen LogP contribution in [0.4, 0.5) is 4.39 Å². The molecule has 2 rings (SSSR count). The van der Waals surface area contributed by atoms with Crippen LogP contribution in [0.5, 0.6) is 5.75 Å². The van der Waals surface area contributed by atoms with Gasteiger partial charge in [-0.15, -0.1) is 0 Å². The minimum Gasteiger partial charge on any atom is -0.479 e. The standard InChI is InChI=1S/C20H22FNO4/c1-4-18(20(23)24)26-19-10-9-15(11-13(19)2)14(3)22-25-12-16-7-5-6-8-17(16)21/h5-11,18,22H,3-4,12H2,1-2H3,(H,23,24). The molecular formula is C20H22FNO4. The fourth-order valence-electron chi connectivity index (χ4n) is 2.31. The molecule has 0 radical (unpaired) electrons. The third-order valence-electron chi connectivity index (χ3n) is 3.82. The van der Waals surface area contributed by atoms with Crippen molar-refractivity contribution in [1.82, 2.24) is 5.48 Å². The Hall–Kier alpha value is -2.86. The van der Waals surface area contributed by atoms with Gasteiger partial charge in [0.1, 0.15) is 18.2 Å². The van der Waals surface area contributed by atoms with Gasteiger partial charge in [-0.05, 0) is 48.7 Å². The summed E-state index contributed by atoms with van der Waals surface area (Å²) in [7, 11) is 0. The molecule has 0 heterocycles. The van der Waals surface area contributed by atoms with Crippen molar-refractivity contribution < 1.29 is 23.9 Å². The van der Waals surface area contributed by atoms with Crippen LogP contribution in [0, 0.1) is 12.7 Å². The van der Waals surface area contributed by atoms with Gasteiger partial charge in [0.15, 0.2) is 6.10 Å². The molecule has 0 aliphatic heterocycles. The van der Waals surface area contributed by atoms with Gasteiger partial charge < -0.3 is 9.84 Å². The van der Waals surface area contributed by atoms with E-state index in [1.54, 1.807) is 37.3 Å². The Labute approximate surface area is 152 Å². The molecule has 2 aromatic carbocycles. The molecular weight excluding hydrogens is 337 g/mol. The van der Waals surface area contributed by atoms with Crippen molar-refractivity contribution in [3.8, 4) is 5.75 Å². The van der Waals surface area contributed by atoms with Crippen LogP contribution in [0.1, 0.15) is 30.0 Å². The second-order valence-corrected chi connectivity index (χ2v) is 5.79. The van der Waals surface area contributed by atoms with Gasteiger partial charge >= 0.3 is 5.97 Å². The molecule has 6 heteroatoms. The Bertz CT molecular complexity index is 791. The first kappa shape index (κ1) is 19.5. The van der Waals surface area contributed by atoms with Gasteiger partial charge in [0.05, 0.1) is 5.70 Å².